The van der Waals surface area contributed by atoms with Gasteiger partial charge in [-0.15, -0.1) is 0 Å². The van der Waals surface area contributed by atoms with Gasteiger partial charge in [-0.25, -0.2) is 0 Å². The van der Waals surface area contributed by atoms with Crippen LogP contribution in [0.1, 0.15) is 30.9 Å². The number of hydrogen-bond donors (Lipinski definition) is 1. The fourth-order valence-electron chi connectivity index (χ4n) is 2.95. The van der Waals surface area contributed by atoms with Crippen LogP contribution in [-0.2, 0) is 16.0 Å². The van der Waals surface area contributed by atoms with Gasteiger partial charge in [0.2, 0.25) is 5.91 Å². The van der Waals surface area contributed by atoms with Gasteiger partial charge in [-0.2, -0.15) is 13.2 Å². The SMILES string of the molecule is CCc1cccc(C)c1NC(=O)C1CCN(C(=O)C(F)(F)F)CC1. The summed E-state index contributed by atoms with van der Waals surface area (Å²) in [7, 11) is 0. The number of aryl methyl sites for hydroxylation is 2. The van der Waals surface area contributed by atoms with Gasteiger partial charge in [-0.1, -0.05) is 25.1 Å². The Labute approximate surface area is 139 Å². The lowest BCUT2D eigenvalue weighted by atomic mass is 9.95. The highest BCUT2D eigenvalue weighted by Crippen LogP contribution is 2.26. The van der Waals surface area contributed by atoms with Crippen molar-refractivity contribution < 1.29 is 22.8 Å². The molecule has 132 valence electrons. The molecule has 0 saturated carbocycles. The second-order valence-electron chi connectivity index (χ2n) is 6.02. The Balaban J connectivity index is 1.98. The smallest absolute Gasteiger partial charge is 0.335 e. The summed E-state index contributed by atoms with van der Waals surface area (Å²) in [6, 6.07) is 5.76. The van der Waals surface area contributed by atoms with E-state index in [-0.39, 0.29) is 37.8 Å². The van der Waals surface area contributed by atoms with Gasteiger partial charge in [0.15, 0.2) is 0 Å². The van der Waals surface area contributed by atoms with Gasteiger partial charge in [-0.3, -0.25) is 9.59 Å². The molecule has 1 aliphatic rings. The fraction of sp³-hybridized carbons (Fsp3) is 0.529. The van der Waals surface area contributed by atoms with Crippen LogP contribution in [0.15, 0.2) is 18.2 Å². The lowest BCUT2D eigenvalue weighted by Crippen LogP contribution is -2.46. The average Bonchev–Trinajstić information content (AvgIpc) is 2.55. The van der Waals surface area contributed by atoms with Crippen molar-refractivity contribution in [2.24, 2.45) is 5.92 Å². The van der Waals surface area contributed by atoms with E-state index in [2.05, 4.69) is 5.32 Å². The van der Waals surface area contributed by atoms with Gasteiger partial charge >= 0.3 is 12.1 Å². The van der Waals surface area contributed by atoms with Crippen LogP contribution in [0.2, 0.25) is 0 Å². The van der Waals surface area contributed by atoms with Gasteiger partial charge < -0.3 is 10.2 Å². The number of para-hydroxylation sites is 1. The van der Waals surface area contributed by atoms with Crippen LogP contribution in [0.25, 0.3) is 0 Å². The monoisotopic (exact) mass is 342 g/mol. The van der Waals surface area contributed by atoms with E-state index in [1.807, 2.05) is 32.0 Å². The van der Waals surface area contributed by atoms with E-state index in [0.717, 1.165) is 28.1 Å². The summed E-state index contributed by atoms with van der Waals surface area (Å²) in [6.45, 7) is 3.79. The summed E-state index contributed by atoms with van der Waals surface area (Å²) in [5.74, 6) is -2.40. The van der Waals surface area contributed by atoms with Crippen molar-refractivity contribution in [1.82, 2.24) is 4.90 Å². The molecule has 0 unspecified atom stereocenters. The van der Waals surface area contributed by atoms with Crippen molar-refractivity contribution in [3.05, 3.63) is 29.3 Å². The maximum absolute atomic E-state index is 12.4. The molecule has 1 aromatic carbocycles. The topological polar surface area (TPSA) is 49.4 Å². The number of hydrogen-bond acceptors (Lipinski definition) is 2. The molecule has 7 heteroatoms. The van der Waals surface area contributed by atoms with Crippen LogP contribution in [0, 0.1) is 12.8 Å². The molecule has 0 atom stereocenters. The second kappa shape index (κ2) is 7.23. The summed E-state index contributed by atoms with van der Waals surface area (Å²) >= 11 is 0. The largest absolute Gasteiger partial charge is 0.471 e. The van der Waals surface area contributed by atoms with Crippen LogP contribution in [0.5, 0.6) is 0 Å². The number of carbonyl (C=O) groups excluding carboxylic acids is 2. The molecule has 0 radical (unpaired) electrons. The third-order valence-corrected chi connectivity index (χ3v) is 4.38. The lowest BCUT2D eigenvalue weighted by Gasteiger charge is -2.31. The minimum atomic E-state index is -4.85. The zero-order valence-corrected chi connectivity index (χ0v) is 13.7. The van der Waals surface area contributed by atoms with E-state index in [1.165, 1.54) is 0 Å². The Morgan fingerprint density at radius 1 is 1.25 bits per heavy atom. The minimum Gasteiger partial charge on any atom is -0.335 e. The number of amides is 2. The normalized spacial score (nSPS) is 16.1. The van der Waals surface area contributed by atoms with Crippen molar-refractivity contribution >= 4 is 17.5 Å². The molecule has 0 aromatic heterocycles. The summed E-state index contributed by atoms with van der Waals surface area (Å²) < 4.78 is 37.3. The maximum atomic E-state index is 12.4. The van der Waals surface area contributed by atoms with Gasteiger partial charge in [0.1, 0.15) is 0 Å². The molecule has 1 aromatic rings. The Bertz CT molecular complexity index is 621. The number of alkyl halides is 3. The van der Waals surface area contributed by atoms with Gasteiger partial charge in [0.25, 0.3) is 0 Å². The first kappa shape index (κ1) is 18.3. The molecule has 1 aliphatic heterocycles. The van der Waals surface area contributed by atoms with Crippen LogP contribution in [-0.4, -0.2) is 36.0 Å². The Hall–Kier alpha value is -2.05. The number of nitrogens with one attached hydrogen (secondary N) is 1. The summed E-state index contributed by atoms with van der Waals surface area (Å²) in [5.41, 5.74) is 2.75. The molecular weight excluding hydrogens is 321 g/mol. The molecular formula is C17H21F3N2O2. The fourth-order valence-corrected chi connectivity index (χ4v) is 2.95. The number of halogens is 3. The highest BCUT2D eigenvalue weighted by Gasteiger charge is 2.43. The highest BCUT2D eigenvalue weighted by molar-refractivity contribution is 5.94. The number of likely N-dealkylation sites (tertiary alicyclic amines) is 1. The van der Waals surface area contributed by atoms with E-state index < -0.39 is 12.1 Å². The maximum Gasteiger partial charge on any atom is 0.471 e. The first-order valence-electron chi connectivity index (χ1n) is 7.99. The van der Waals surface area contributed by atoms with Crippen molar-refractivity contribution in [2.45, 2.75) is 39.3 Å². The Morgan fingerprint density at radius 3 is 2.42 bits per heavy atom. The summed E-state index contributed by atoms with van der Waals surface area (Å²) in [5, 5.41) is 2.91. The Kier molecular flexibility index (Phi) is 5.51. The molecule has 1 saturated heterocycles. The molecule has 1 N–H and O–H groups in total. The minimum absolute atomic E-state index is 0.0508. The van der Waals surface area contributed by atoms with Crippen molar-refractivity contribution in [3.8, 4) is 0 Å². The van der Waals surface area contributed by atoms with Crippen LogP contribution in [0.3, 0.4) is 0 Å². The third-order valence-electron chi connectivity index (χ3n) is 4.38. The third kappa shape index (κ3) is 4.07. The number of nitrogens with zero attached hydrogens (tertiary/aromatic N) is 1. The van der Waals surface area contributed by atoms with Gasteiger partial charge in [-0.05, 0) is 37.3 Å². The number of carbonyl (C=O) groups is 2. The second-order valence-corrected chi connectivity index (χ2v) is 6.02. The van der Waals surface area contributed by atoms with Crippen molar-refractivity contribution in [3.63, 3.8) is 0 Å². The molecule has 4 nitrogen and oxygen atoms in total. The van der Waals surface area contributed by atoms with Gasteiger partial charge in [0, 0.05) is 24.7 Å². The van der Waals surface area contributed by atoms with E-state index >= 15 is 0 Å². The van der Waals surface area contributed by atoms with Crippen LogP contribution in [0.4, 0.5) is 18.9 Å². The van der Waals surface area contributed by atoms with E-state index in [1.54, 1.807) is 0 Å². The van der Waals surface area contributed by atoms with Crippen molar-refractivity contribution in [2.75, 3.05) is 18.4 Å². The number of anilines is 1. The number of rotatable bonds is 3. The number of benzene rings is 1. The van der Waals surface area contributed by atoms with E-state index in [4.69, 9.17) is 0 Å². The molecule has 0 spiro atoms. The quantitative estimate of drug-likeness (QED) is 0.916. The molecule has 1 fully saturated rings. The lowest BCUT2D eigenvalue weighted by molar-refractivity contribution is -0.186. The number of piperidine rings is 1. The molecule has 2 amide bonds. The molecule has 1 heterocycles. The van der Waals surface area contributed by atoms with Crippen molar-refractivity contribution in [1.29, 1.82) is 0 Å². The van der Waals surface area contributed by atoms with Crippen LogP contribution >= 0.6 is 0 Å². The first-order valence-corrected chi connectivity index (χ1v) is 7.99. The predicted molar refractivity (Wildman–Crippen MR) is 84.5 cm³/mol. The predicted octanol–water partition coefficient (Wildman–Crippen LogP) is 3.30. The van der Waals surface area contributed by atoms with Gasteiger partial charge in [0.05, 0.1) is 0 Å². The summed E-state index contributed by atoms with van der Waals surface area (Å²) in [6.07, 6.45) is -3.61. The Morgan fingerprint density at radius 2 is 1.88 bits per heavy atom. The zero-order valence-electron chi connectivity index (χ0n) is 13.7. The van der Waals surface area contributed by atoms with E-state index in [0.29, 0.717) is 0 Å². The standard InChI is InChI=1S/C17H21F3N2O2/c1-3-12-6-4-5-11(2)14(12)21-15(23)13-7-9-22(10-8-13)16(24)17(18,19)20/h4-6,13H,3,7-10H2,1-2H3,(H,21,23). The zero-order chi connectivity index (χ0) is 17.9. The summed E-state index contributed by atoms with van der Waals surface area (Å²) in [4.78, 5) is 24.4. The molecule has 2 rings (SSSR count). The van der Waals surface area contributed by atoms with Crippen LogP contribution < -0.4 is 5.32 Å². The highest BCUT2D eigenvalue weighted by atomic mass is 19.4. The first-order chi connectivity index (χ1) is 11.2. The molecule has 0 aliphatic carbocycles. The average molecular weight is 342 g/mol. The molecule has 0 bridgehead atoms. The van der Waals surface area contributed by atoms with E-state index in [9.17, 15) is 22.8 Å². The molecule has 24 heavy (non-hydrogen) atoms.